The number of carbonyl (C=O) groups is 1. The lowest BCUT2D eigenvalue weighted by Crippen LogP contribution is -2.35. The zero-order chi connectivity index (χ0) is 26.9. The van der Waals surface area contributed by atoms with Gasteiger partial charge in [0.05, 0.1) is 17.2 Å². The van der Waals surface area contributed by atoms with E-state index in [1.165, 1.54) is 12.1 Å². The molecule has 4 aromatic rings. The highest BCUT2D eigenvalue weighted by molar-refractivity contribution is 7.80. The molecule has 192 valence electrons. The highest BCUT2D eigenvalue weighted by atomic mass is 32.1. The van der Waals surface area contributed by atoms with Crippen LogP contribution < -0.4 is 11.1 Å². The molecule has 1 atom stereocenters. The van der Waals surface area contributed by atoms with Crippen LogP contribution in [0.3, 0.4) is 0 Å². The monoisotopic (exact) mass is 530 g/mol. The standard InChI is InChI=1S/C31H25F3N2OS/c32-31(33,34)23-12-9-20(10-13-23)24-7-4-8-25(28(24)30(35)37)21-11-14-26-22(18-21)15-16-36-29(26)27(38)17-19-5-2-1-3-6-19/h1-14,18,29,36H,15-17H2,(H2,35,37). The second-order valence-electron chi connectivity index (χ2n) is 9.35. The molecule has 1 unspecified atom stereocenters. The minimum Gasteiger partial charge on any atom is -0.366 e. The summed E-state index contributed by atoms with van der Waals surface area (Å²) in [6.07, 6.45) is -2.94. The van der Waals surface area contributed by atoms with Crippen molar-refractivity contribution in [3.63, 3.8) is 0 Å². The molecular weight excluding hydrogens is 505 g/mol. The van der Waals surface area contributed by atoms with Crippen LogP contribution in [-0.4, -0.2) is 17.3 Å². The molecule has 0 spiro atoms. The topological polar surface area (TPSA) is 55.1 Å². The molecule has 0 aliphatic carbocycles. The summed E-state index contributed by atoms with van der Waals surface area (Å²) in [5.74, 6) is -0.642. The minimum atomic E-state index is -4.44. The smallest absolute Gasteiger partial charge is 0.366 e. The molecule has 4 aromatic carbocycles. The fourth-order valence-corrected chi connectivity index (χ4v) is 5.43. The molecule has 38 heavy (non-hydrogen) atoms. The van der Waals surface area contributed by atoms with Crippen molar-refractivity contribution in [1.82, 2.24) is 5.32 Å². The molecule has 7 heteroatoms. The zero-order valence-corrected chi connectivity index (χ0v) is 21.2. The third-order valence-corrected chi connectivity index (χ3v) is 7.27. The van der Waals surface area contributed by atoms with Crippen molar-refractivity contribution in [2.24, 2.45) is 5.73 Å². The summed E-state index contributed by atoms with van der Waals surface area (Å²) in [4.78, 5) is 13.5. The third kappa shape index (κ3) is 5.26. The number of alkyl halides is 3. The number of nitrogens with two attached hydrogens (primary N) is 1. The van der Waals surface area contributed by atoms with Gasteiger partial charge >= 0.3 is 6.18 Å². The maximum absolute atomic E-state index is 13.1. The fraction of sp³-hybridized carbons (Fsp3) is 0.161. The number of benzene rings is 4. The van der Waals surface area contributed by atoms with Gasteiger partial charge in [0.2, 0.25) is 5.91 Å². The van der Waals surface area contributed by atoms with E-state index in [4.69, 9.17) is 18.0 Å². The number of hydrogen-bond acceptors (Lipinski definition) is 3. The molecule has 1 heterocycles. The summed E-state index contributed by atoms with van der Waals surface area (Å²) in [5, 5.41) is 3.53. The Balaban J connectivity index is 1.50. The molecule has 5 rings (SSSR count). The highest BCUT2D eigenvalue weighted by Crippen LogP contribution is 2.37. The third-order valence-electron chi connectivity index (χ3n) is 6.89. The van der Waals surface area contributed by atoms with E-state index < -0.39 is 17.6 Å². The van der Waals surface area contributed by atoms with Crippen molar-refractivity contribution in [2.75, 3.05) is 6.54 Å². The number of fused-ring (bicyclic) bond motifs is 1. The first-order valence-corrected chi connectivity index (χ1v) is 12.7. The zero-order valence-electron chi connectivity index (χ0n) is 20.4. The van der Waals surface area contributed by atoms with Crippen LogP contribution in [-0.2, 0) is 19.0 Å². The van der Waals surface area contributed by atoms with Crippen molar-refractivity contribution >= 4 is 23.0 Å². The van der Waals surface area contributed by atoms with Gasteiger partial charge in [0.1, 0.15) is 0 Å². The predicted octanol–water partition coefficient (Wildman–Crippen LogP) is 6.94. The van der Waals surface area contributed by atoms with E-state index in [9.17, 15) is 18.0 Å². The quantitative estimate of drug-likeness (QED) is 0.266. The van der Waals surface area contributed by atoms with Crippen LogP contribution in [0.5, 0.6) is 0 Å². The molecule has 0 fully saturated rings. The van der Waals surface area contributed by atoms with E-state index in [0.29, 0.717) is 23.1 Å². The van der Waals surface area contributed by atoms with E-state index in [2.05, 4.69) is 23.5 Å². The van der Waals surface area contributed by atoms with Gasteiger partial charge < -0.3 is 11.1 Å². The number of halogens is 3. The number of carbonyl (C=O) groups excluding carboxylic acids is 1. The van der Waals surface area contributed by atoms with Crippen LogP contribution in [0.4, 0.5) is 13.2 Å². The maximum atomic E-state index is 13.1. The molecule has 0 saturated carbocycles. The Morgan fingerprint density at radius 3 is 2.21 bits per heavy atom. The van der Waals surface area contributed by atoms with Gasteiger partial charge in [-0.25, -0.2) is 0 Å². The Kier molecular flexibility index (Phi) is 7.15. The number of rotatable bonds is 6. The minimum absolute atomic E-state index is 0.0582. The lowest BCUT2D eigenvalue weighted by molar-refractivity contribution is -0.137. The second-order valence-corrected chi connectivity index (χ2v) is 9.87. The van der Waals surface area contributed by atoms with E-state index >= 15 is 0 Å². The van der Waals surface area contributed by atoms with Gasteiger partial charge in [-0.15, -0.1) is 0 Å². The Hall–Kier alpha value is -3.81. The average Bonchev–Trinajstić information content (AvgIpc) is 2.92. The van der Waals surface area contributed by atoms with Crippen molar-refractivity contribution < 1.29 is 18.0 Å². The fourth-order valence-electron chi connectivity index (χ4n) is 5.06. The van der Waals surface area contributed by atoms with E-state index in [0.717, 1.165) is 52.2 Å². The summed E-state index contributed by atoms with van der Waals surface area (Å²) in [7, 11) is 0. The predicted molar refractivity (Wildman–Crippen MR) is 148 cm³/mol. The van der Waals surface area contributed by atoms with Gasteiger partial charge in [-0.1, -0.05) is 91.1 Å². The molecule has 3 N–H and O–H groups in total. The molecule has 0 aromatic heterocycles. The van der Waals surface area contributed by atoms with E-state index in [1.807, 2.05) is 36.4 Å². The molecule has 0 radical (unpaired) electrons. The summed E-state index contributed by atoms with van der Waals surface area (Å²) < 4.78 is 39.2. The molecule has 0 saturated heterocycles. The average molecular weight is 531 g/mol. The van der Waals surface area contributed by atoms with Crippen molar-refractivity contribution in [1.29, 1.82) is 0 Å². The van der Waals surface area contributed by atoms with E-state index in [-0.39, 0.29) is 11.6 Å². The first kappa shape index (κ1) is 25.8. The number of thiocarbonyl (C=S) groups is 1. The summed E-state index contributed by atoms with van der Waals surface area (Å²) in [6, 6.07) is 26.2. The van der Waals surface area contributed by atoms with Crippen LogP contribution >= 0.6 is 12.2 Å². The largest absolute Gasteiger partial charge is 0.416 e. The Labute approximate surface area is 224 Å². The Bertz CT molecular complexity index is 1500. The lowest BCUT2D eigenvalue weighted by Gasteiger charge is -2.28. The van der Waals surface area contributed by atoms with E-state index in [1.54, 1.807) is 12.1 Å². The molecule has 0 bridgehead atoms. The van der Waals surface area contributed by atoms with Crippen LogP contribution in [0, 0.1) is 0 Å². The maximum Gasteiger partial charge on any atom is 0.416 e. The molecule has 1 aliphatic heterocycles. The molecular formula is C31H25F3N2OS. The SMILES string of the molecule is NC(=O)c1c(-c2ccc(C(F)(F)F)cc2)cccc1-c1ccc2c(c1)CCNC2C(=S)Cc1ccccc1. The number of hydrogen-bond donors (Lipinski definition) is 2. The Morgan fingerprint density at radius 1 is 0.895 bits per heavy atom. The lowest BCUT2D eigenvalue weighted by atomic mass is 9.86. The van der Waals surface area contributed by atoms with Crippen molar-refractivity contribution in [3.8, 4) is 22.3 Å². The van der Waals surface area contributed by atoms with Gasteiger partial charge in [0, 0.05) is 17.8 Å². The summed E-state index contributed by atoms with van der Waals surface area (Å²) in [6.45, 7) is 0.768. The van der Waals surface area contributed by atoms with Gasteiger partial charge in [0.25, 0.3) is 0 Å². The van der Waals surface area contributed by atoms with Gasteiger partial charge in [0.15, 0.2) is 0 Å². The first-order valence-electron chi connectivity index (χ1n) is 12.3. The Morgan fingerprint density at radius 2 is 1.55 bits per heavy atom. The van der Waals surface area contributed by atoms with Crippen LogP contribution in [0.2, 0.25) is 0 Å². The van der Waals surface area contributed by atoms with Crippen molar-refractivity contribution in [3.05, 3.63) is 119 Å². The van der Waals surface area contributed by atoms with Crippen LogP contribution in [0.1, 0.15) is 38.7 Å². The number of primary amides is 1. The molecule has 3 nitrogen and oxygen atoms in total. The normalized spacial score (nSPS) is 15.1. The van der Waals surface area contributed by atoms with Gasteiger partial charge in [-0.05, 0) is 57.5 Å². The number of nitrogens with one attached hydrogen (secondary N) is 1. The van der Waals surface area contributed by atoms with Gasteiger partial charge in [-0.2, -0.15) is 13.2 Å². The summed E-state index contributed by atoms with van der Waals surface area (Å²) in [5.41, 5.74) is 11.2. The first-order chi connectivity index (χ1) is 18.2. The second kappa shape index (κ2) is 10.5. The van der Waals surface area contributed by atoms with Crippen LogP contribution in [0.25, 0.3) is 22.3 Å². The molecule has 1 amide bonds. The molecule has 1 aliphatic rings. The van der Waals surface area contributed by atoms with Crippen molar-refractivity contribution in [2.45, 2.75) is 25.1 Å². The van der Waals surface area contributed by atoms with Gasteiger partial charge in [-0.3, -0.25) is 4.79 Å². The van der Waals surface area contributed by atoms with Crippen LogP contribution in [0.15, 0.2) is 91.0 Å². The number of amides is 1. The summed E-state index contributed by atoms with van der Waals surface area (Å²) >= 11 is 5.82. The highest BCUT2D eigenvalue weighted by Gasteiger charge is 2.30.